The first-order chi connectivity index (χ1) is 16.9. The predicted molar refractivity (Wildman–Crippen MR) is 139 cm³/mol. The van der Waals surface area contributed by atoms with Gasteiger partial charge in [-0.2, -0.15) is 0 Å². The zero-order valence-electron chi connectivity index (χ0n) is 22.7. The van der Waals surface area contributed by atoms with Gasteiger partial charge in [-0.1, -0.05) is 52.2 Å². The van der Waals surface area contributed by atoms with E-state index in [2.05, 4.69) is 19.2 Å². The molecular formula is C30H43FN2O3. The summed E-state index contributed by atoms with van der Waals surface area (Å²) in [5.74, 6) is -1.12. The van der Waals surface area contributed by atoms with Crippen LogP contribution in [0.15, 0.2) is 18.2 Å². The number of nitrogens with zero attached hydrogens (tertiary/aromatic N) is 1. The van der Waals surface area contributed by atoms with Gasteiger partial charge in [-0.05, 0) is 69.9 Å². The van der Waals surface area contributed by atoms with E-state index in [1.165, 1.54) is 6.07 Å². The molecule has 2 amide bonds. The molecule has 1 heterocycles. The van der Waals surface area contributed by atoms with Crippen LogP contribution in [0.5, 0.6) is 0 Å². The summed E-state index contributed by atoms with van der Waals surface area (Å²) in [7, 11) is 0. The van der Waals surface area contributed by atoms with Crippen LogP contribution in [0.25, 0.3) is 0 Å². The topological polar surface area (TPSA) is 66.5 Å². The van der Waals surface area contributed by atoms with Gasteiger partial charge in [0.05, 0.1) is 11.6 Å². The molecule has 4 rings (SSSR count). The summed E-state index contributed by atoms with van der Waals surface area (Å²) in [6.45, 7) is 10.4. The molecule has 1 aromatic rings. The highest BCUT2D eigenvalue weighted by Crippen LogP contribution is 2.49. The molecule has 1 unspecified atom stereocenters. The van der Waals surface area contributed by atoms with E-state index in [0.717, 1.165) is 57.8 Å². The zero-order chi connectivity index (χ0) is 26.3. The maximum atomic E-state index is 15.9. The van der Waals surface area contributed by atoms with Gasteiger partial charge in [-0.3, -0.25) is 14.4 Å². The number of piperidine rings is 1. The lowest BCUT2D eigenvalue weighted by molar-refractivity contribution is -0.144. The van der Waals surface area contributed by atoms with Crippen molar-refractivity contribution >= 4 is 17.6 Å². The van der Waals surface area contributed by atoms with Crippen molar-refractivity contribution in [3.8, 4) is 0 Å². The molecule has 0 radical (unpaired) electrons. The van der Waals surface area contributed by atoms with Gasteiger partial charge < -0.3 is 10.2 Å². The zero-order valence-corrected chi connectivity index (χ0v) is 22.7. The van der Waals surface area contributed by atoms with E-state index in [4.69, 9.17) is 0 Å². The summed E-state index contributed by atoms with van der Waals surface area (Å²) in [4.78, 5) is 41.5. The van der Waals surface area contributed by atoms with Crippen LogP contribution in [0, 0.1) is 23.1 Å². The molecule has 5 nitrogen and oxygen atoms in total. The first-order valence-corrected chi connectivity index (χ1v) is 13.9. The SMILES string of the molecule is CC(C)C(=O)[C@H](NC(=O)c1cccc(C2CCC(C)(C)N(C(=O)C3(C)CC3)C2)c1F)C1CCCCC1. The molecule has 6 heteroatoms. The number of amides is 2. The molecule has 2 atom stereocenters. The van der Waals surface area contributed by atoms with E-state index in [1.54, 1.807) is 12.1 Å². The van der Waals surface area contributed by atoms with Gasteiger partial charge in [0.2, 0.25) is 5.91 Å². The summed E-state index contributed by atoms with van der Waals surface area (Å²) >= 11 is 0. The first kappa shape index (κ1) is 26.8. The third-order valence-electron chi connectivity index (χ3n) is 9.00. The number of hydrogen-bond acceptors (Lipinski definition) is 3. The molecule has 2 saturated carbocycles. The van der Waals surface area contributed by atoms with Gasteiger partial charge in [-0.25, -0.2) is 4.39 Å². The number of carbonyl (C=O) groups is 3. The highest BCUT2D eigenvalue weighted by molar-refractivity contribution is 5.98. The molecule has 1 N–H and O–H groups in total. The van der Waals surface area contributed by atoms with E-state index in [1.807, 2.05) is 25.7 Å². The standard InChI is InChI=1S/C30H43FN2O3/c1-19(2)26(34)25(20-10-7-6-8-11-20)32-27(35)23-13-9-12-22(24(23)31)21-14-15-29(3,4)33(18-21)28(36)30(5)16-17-30/h9,12-13,19-21,25H,6-8,10-11,14-18H2,1-5H3,(H,32,35)/t21?,25-/m1/s1. The van der Waals surface area contributed by atoms with E-state index in [9.17, 15) is 14.4 Å². The Labute approximate surface area is 215 Å². The second kappa shape index (κ2) is 10.3. The molecule has 1 saturated heterocycles. The fourth-order valence-corrected chi connectivity index (χ4v) is 6.07. The number of hydrogen-bond donors (Lipinski definition) is 1. The molecule has 2 aliphatic carbocycles. The minimum absolute atomic E-state index is 0.0123. The van der Waals surface area contributed by atoms with Crippen molar-refractivity contribution in [1.82, 2.24) is 10.2 Å². The summed E-state index contributed by atoms with van der Waals surface area (Å²) in [5, 5.41) is 2.93. The number of Topliss-reactive ketones (excluding diaryl/α,β-unsaturated/α-hetero) is 1. The van der Waals surface area contributed by atoms with Crippen molar-refractivity contribution in [3.63, 3.8) is 0 Å². The smallest absolute Gasteiger partial charge is 0.254 e. The first-order valence-electron chi connectivity index (χ1n) is 13.9. The largest absolute Gasteiger partial charge is 0.342 e. The number of benzene rings is 1. The maximum Gasteiger partial charge on any atom is 0.254 e. The summed E-state index contributed by atoms with van der Waals surface area (Å²) in [5.41, 5.74) is -0.0750. The van der Waals surface area contributed by atoms with Crippen molar-refractivity contribution in [2.24, 2.45) is 17.3 Å². The Hall–Kier alpha value is -2.24. The van der Waals surface area contributed by atoms with Crippen LogP contribution in [-0.4, -0.2) is 40.6 Å². The van der Waals surface area contributed by atoms with Crippen molar-refractivity contribution in [2.45, 2.75) is 110 Å². The van der Waals surface area contributed by atoms with Crippen LogP contribution in [0.4, 0.5) is 4.39 Å². The van der Waals surface area contributed by atoms with Gasteiger partial charge in [0.15, 0.2) is 5.78 Å². The summed E-state index contributed by atoms with van der Waals surface area (Å²) in [6.07, 6.45) is 8.43. The quantitative estimate of drug-likeness (QED) is 0.500. The molecule has 1 aliphatic heterocycles. The van der Waals surface area contributed by atoms with Crippen LogP contribution < -0.4 is 5.32 Å². The number of carbonyl (C=O) groups excluding carboxylic acids is 3. The van der Waals surface area contributed by atoms with Crippen LogP contribution in [0.2, 0.25) is 0 Å². The van der Waals surface area contributed by atoms with E-state index >= 15 is 4.39 Å². The number of halogens is 1. The van der Waals surface area contributed by atoms with Gasteiger partial charge in [0.25, 0.3) is 5.91 Å². The van der Waals surface area contributed by atoms with E-state index in [0.29, 0.717) is 12.1 Å². The molecule has 36 heavy (non-hydrogen) atoms. The van der Waals surface area contributed by atoms with Gasteiger partial charge >= 0.3 is 0 Å². The third kappa shape index (κ3) is 5.38. The normalized spacial score (nSPS) is 24.3. The minimum Gasteiger partial charge on any atom is -0.342 e. The molecular weight excluding hydrogens is 455 g/mol. The Bertz CT molecular complexity index is 1010. The van der Waals surface area contributed by atoms with Crippen molar-refractivity contribution < 1.29 is 18.8 Å². The monoisotopic (exact) mass is 498 g/mol. The van der Waals surface area contributed by atoms with Crippen LogP contribution >= 0.6 is 0 Å². The lowest BCUT2D eigenvalue weighted by Gasteiger charge is -2.47. The Morgan fingerprint density at radius 1 is 1.00 bits per heavy atom. The van der Waals surface area contributed by atoms with Crippen molar-refractivity contribution in [1.29, 1.82) is 0 Å². The van der Waals surface area contributed by atoms with Crippen molar-refractivity contribution in [3.05, 3.63) is 35.1 Å². The van der Waals surface area contributed by atoms with Gasteiger partial charge in [-0.15, -0.1) is 0 Å². The highest BCUT2D eigenvalue weighted by Gasteiger charge is 2.51. The summed E-state index contributed by atoms with van der Waals surface area (Å²) < 4.78 is 15.9. The molecule has 3 fully saturated rings. The minimum atomic E-state index is -0.580. The Kier molecular flexibility index (Phi) is 7.64. The second-order valence-electron chi connectivity index (χ2n) is 12.6. The average Bonchev–Trinajstić information content (AvgIpc) is 3.60. The van der Waals surface area contributed by atoms with E-state index in [-0.39, 0.29) is 46.0 Å². The maximum absolute atomic E-state index is 15.9. The van der Waals surface area contributed by atoms with E-state index < -0.39 is 17.8 Å². The van der Waals surface area contributed by atoms with Crippen LogP contribution in [-0.2, 0) is 9.59 Å². The lowest BCUT2D eigenvalue weighted by Crippen LogP contribution is -2.54. The molecule has 0 bridgehead atoms. The Balaban J connectivity index is 1.55. The third-order valence-corrected chi connectivity index (χ3v) is 9.00. The molecule has 3 aliphatic rings. The van der Waals surface area contributed by atoms with Gasteiger partial charge in [0, 0.05) is 29.3 Å². The molecule has 198 valence electrons. The number of likely N-dealkylation sites (tertiary alicyclic amines) is 1. The molecule has 0 aromatic heterocycles. The average molecular weight is 499 g/mol. The molecule has 1 aromatic carbocycles. The number of ketones is 1. The Morgan fingerprint density at radius 2 is 1.67 bits per heavy atom. The summed E-state index contributed by atoms with van der Waals surface area (Å²) in [6, 6.07) is 4.39. The fourth-order valence-electron chi connectivity index (χ4n) is 6.07. The molecule has 0 spiro atoms. The van der Waals surface area contributed by atoms with Crippen molar-refractivity contribution in [2.75, 3.05) is 6.54 Å². The lowest BCUT2D eigenvalue weighted by atomic mass is 9.79. The second-order valence-corrected chi connectivity index (χ2v) is 12.6. The predicted octanol–water partition coefficient (Wildman–Crippen LogP) is 6.01. The van der Waals surface area contributed by atoms with Crippen LogP contribution in [0.1, 0.15) is 114 Å². The fraction of sp³-hybridized carbons (Fsp3) is 0.700. The Morgan fingerprint density at radius 3 is 2.28 bits per heavy atom. The number of rotatable bonds is 7. The highest BCUT2D eigenvalue weighted by atomic mass is 19.1. The van der Waals surface area contributed by atoms with Gasteiger partial charge in [0.1, 0.15) is 5.82 Å². The number of nitrogens with one attached hydrogen (secondary N) is 1. The van der Waals surface area contributed by atoms with Crippen LogP contribution in [0.3, 0.4) is 0 Å².